The second-order valence-electron chi connectivity index (χ2n) is 3.06. The Balaban J connectivity index is 2.40. The second-order valence-corrected chi connectivity index (χ2v) is 4.47. The van der Waals surface area contributed by atoms with Crippen molar-refractivity contribution in [2.45, 2.75) is 31.9 Å². The topological polar surface area (TPSA) is 0 Å². The summed E-state index contributed by atoms with van der Waals surface area (Å²) in [4.78, 5) is 0. The van der Waals surface area contributed by atoms with E-state index in [9.17, 15) is 0 Å². The Hall–Kier alpha value is 0.0900. The Morgan fingerprint density at radius 3 is 2.90 bits per heavy atom. The van der Waals surface area contributed by atoms with Crippen molar-refractivity contribution in [2.75, 3.05) is 5.75 Å². The molecule has 0 fully saturated rings. The molecule has 1 rings (SSSR count). The highest BCUT2D eigenvalue weighted by atomic mass is 32.2. The zero-order chi connectivity index (χ0) is 7.40. The van der Waals surface area contributed by atoms with E-state index < -0.39 is 0 Å². The van der Waals surface area contributed by atoms with Crippen molar-refractivity contribution in [1.82, 2.24) is 0 Å². The number of rotatable bonds is 0. The first-order chi connectivity index (χ1) is 4.80. The molecule has 58 valence electrons. The molecule has 10 heavy (non-hydrogen) atoms. The Morgan fingerprint density at radius 1 is 1.30 bits per heavy atom. The normalized spacial score (nSPS) is 38.2. The van der Waals surface area contributed by atoms with Gasteiger partial charge in [-0.1, -0.05) is 26.0 Å². The molecule has 2 unspecified atom stereocenters. The third-order valence-corrected chi connectivity index (χ3v) is 3.59. The molecule has 0 N–H and O–H groups in total. The van der Waals surface area contributed by atoms with Crippen LogP contribution in [0.4, 0.5) is 0 Å². The smallest absolute Gasteiger partial charge is 0.0116 e. The van der Waals surface area contributed by atoms with Crippen LogP contribution in [-0.4, -0.2) is 11.0 Å². The largest absolute Gasteiger partial charge is 0.154 e. The molecule has 0 saturated heterocycles. The molecular formula is C9H16S. The maximum atomic E-state index is 2.36. The van der Waals surface area contributed by atoms with E-state index >= 15 is 0 Å². The van der Waals surface area contributed by atoms with Crippen LogP contribution in [0.5, 0.6) is 0 Å². The van der Waals surface area contributed by atoms with Crippen molar-refractivity contribution in [3.8, 4) is 0 Å². The summed E-state index contributed by atoms with van der Waals surface area (Å²) < 4.78 is 0. The lowest BCUT2D eigenvalue weighted by Gasteiger charge is -2.19. The van der Waals surface area contributed by atoms with E-state index in [2.05, 4.69) is 37.8 Å². The summed E-state index contributed by atoms with van der Waals surface area (Å²) in [5.74, 6) is 2.11. The molecule has 0 aromatic heterocycles. The van der Waals surface area contributed by atoms with Gasteiger partial charge >= 0.3 is 0 Å². The molecule has 0 spiro atoms. The molecule has 0 amide bonds. The minimum atomic E-state index is 0.852. The highest BCUT2D eigenvalue weighted by Gasteiger charge is 2.11. The first-order valence-corrected chi connectivity index (χ1v) is 5.12. The van der Waals surface area contributed by atoms with E-state index in [1.54, 1.807) is 0 Å². The van der Waals surface area contributed by atoms with Gasteiger partial charge in [0.25, 0.3) is 0 Å². The Kier molecular flexibility index (Phi) is 3.33. The average Bonchev–Trinajstić information content (AvgIpc) is 1.92. The van der Waals surface area contributed by atoms with Crippen LogP contribution in [0.1, 0.15) is 26.7 Å². The molecule has 1 heterocycles. The van der Waals surface area contributed by atoms with Crippen LogP contribution < -0.4 is 0 Å². The van der Waals surface area contributed by atoms with Gasteiger partial charge in [0.1, 0.15) is 0 Å². The lowest BCUT2D eigenvalue weighted by Crippen LogP contribution is -2.11. The summed E-state index contributed by atoms with van der Waals surface area (Å²) >= 11 is 2.07. The first kappa shape index (κ1) is 8.19. The van der Waals surface area contributed by atoms with Crippen molar-refractivity contribution >= 4 is 11.8 Å². The standard InChI is InChI=1S/C9H16S/c1-8-6-4-3-5-7-10-9(8)2/h3,5,8-9H,4,6-7H2,1-2H3/b5-3-. The highest BCUT2D eigenvalue weighted by Crippen LogP contribution is 2.24. The lowest BCUT2D eigenvalue weighted by molar-refractivity contribution is 0.533. The molecule has 0 aromatic carbocycles. The van der Waals surface area contributed by atoms with Crippen molar-refractivity contribution < 1.29 is 0 Å². The van der Waals surface area contributed by atoms with Gasteiger partial charge in [0.2, 0.25) is 0 Å². The fraction of sp³-hybridized carbons (Fsp3) is 0.778. The van der Waals surface area contributed by atoms with E-state index in [0.717, 1.165) is 11.2 Å². The SMILES string of the molecule is CC1CC/C=C\CSC1C. The van der Waals surface area contributed by atoms with Crippen molar-refractivity contribution in [3.63, 3.8) is 0 Å². The highest BCUT2D eigenvalue weighted by molar-refractivity contribution is 8.00. The second kappa shape index (κ2) is 4.07. The number of hydrogen-bond donors (Lipinski definition) is 0. The molecule has 1 aliphatic heterocycles. The molecule has 0 bridgehead atoms. The summed E-state index contributed by atoms with van der Waals surface area (Å²) in [5.41, 5.74) is 0. The summed E-state index contributed by atoms with van der Waals surface area (Å²) in [7, 11) is 0. The number of thioether (sulfide) groups is 1. The van der Waals surface area contributed by atoms with Crippen molar-refractivity contribution in [3.05, 3.63) is 12.2 Å². The zero-order valence-corrected chi connectivity index (χ0v) is 7.66. The summed E-state index contributed by atoms with van der Waals surface area (Å²) in [6.45, 7) is 4.70. The van der Waals surface area contributed by atoms with Crippen LogP contribution in [0, 0.1) is 5.92 Å². The molecule has 0 aromatic rings. The van der Waals surface area contributed by atoms with Gasteiger partial charge in [-0.05, 0) is 18.8 Å². The molecule has 0 saturated carbocycles. The third kappa shape index (κ3) is 2.37. The maximum absolute atomic E-state index is 2.36. The summed E-state index contributed by atoms with van der Waals surface area (Å²) in [6.07, 6.45) is 7.26. The molecule has 2 atom stereocenters. The van der Waals surface area contributed by atoms with Gasteiger partial charge in [-0.2, -0.15) is 11.8 Å². The minimum Gasteiger partial charge on any atom is -0.154 e. The van der Waals surface area contributed by atoms with Crippen molar-refractivity contribution in [2.24, 2.45) is 5.92 Å². The fourth-order valence-corrected chi connectivity index (χ4v) is 2.17. The minimum absolute atomic E-state index is 0.852. The van der Waals surface area contributed by atoms with E-state index in [0.29, 0.717) is 0 Å². The Labute approximate surface area is 68.1 Å². The van der Waals surface area contributed by atoms with Crippen LogP contribution >= 0.6 is 11.8 Å². The zero-order valence-electron chi connectivity index (χ0n) is 6.84. The monoisotopic (exact) mass is 156 g/mol. The molecular weight excluding hydrogens is 140 g/mol. The lowest BCUT2D eigenvalue weighted by atomic mass is 10.0. The van der Waals surface area contributed by atoms with Gasteiger partial charge < -0.3 is 0 Å². The van der Waals surface area contributed by atoms with Gasteiger partial charge in [0.15, 0.2) is 0 Å². The van der Waals surface area contributed by atoms with E-state index in [-0.39, 0.29) is 0 Å². The molecule has 0 radical (unpaired) electrons. The van der Waals surface area contributed by atoms with Gasteiger partial charge in [-0.25, -0.2) is 0 Å². The van der Waals surface area contributed by atoms with Crippen LogP contribution in [0.3, 0.4) is 0 Å². The first-order valence-electron chi connectivity index (χ1n) is 4.07. The van der Waals surface area contributed by atoms with Crippen LogP contribution in [0.25, 0.3) is 0 Å². The third-order valence-electron chi connectivity index (χ3n) is 2.21. The Bertz CT molecular complexity index is 104. The summed E-state index contributed by atoms with van der Waals surface area (Å²) in [6, 6.07) is 0. The van der Waals surface area contributed by atoms with Gasteiger partial charge in [-0.15, -0.1) is 0 Å². The quantitative estimate of drug-likeness (QED) is 0.486. The maximum Gasteiger partial charge on any atom is 0.0116 e. The van der Waals surface area contributed by atoms with E-state index in [1.807, 2.05) is 0 Å². The molecule has 0 aliphatic carbocycles. The van der Waals surface area contributed by atoms with Gasteiger partial charge in [-0.3, -0.25) is 0 Å². The molecule has 0 nitrogen and oxygen atoms in total. The van der Waals surface area contributed by atoms with E-state index in [1.165, 1.54) is 18.6 Å². The average molecular weight is 156 g/mol. The number of hydrogen-bond acceptors (Lipinski definition) is 1. The van der Waals surface area contributed by atoms with Gasteiger partial charge in [0, 0.05) is 11.0 Å². The van der Waals surface area contributed by atoms with Crippen LogP contribution in [0.15, 0.2) is 12.2 Å². The number of allylic oxidation sites excluding steroid dienone is 1. The predicted molar refractivity (Wildman–Crippen MR) is 49.5 cm³/mol. The molecule has 1 aliphatic rings. The predicted octanol–water partition coefficient (Wildman–Crippen LogP) is 3.09. The van der Waals surface area contributed by atoms with Crippen molar-refractivity contribution in [1.29, 1.82) is 0 Å². The molecule has 1 heteroatoms. The fourth-order valence-electron chi connectivity index (χ4n) is 1.15. The summed E-state index contributed by atoms with van der Waals surface area (Å²) in [5, 5.41) is 0.852. The van der Waals surface area contributed by atoms with Crippen LogP contribution in [-0.2, 0) is 0 Å². The van der Waals surface area contributed by atoms with Crippen LogP contribution in [0.2, 0.25) is 0 Å². The Morgan fingerprint density at radius 2 is 2.10 bits per heavy atom. The van der Waals surface area contributed by atoms with Gasteiger partial charge in [0.05, 0.1) is 0 Å². The van der Waals surface area contributed by atoms with E-state index in [4.69, 9.17) is 0 Å².